The maximum atomic E-state index is 13.1. The second kappa shape index (κ2) is 10.8. The number of hydrogen-bond acceptors (Lipinski definition) is 4. The molecule has 0 atom stereocenters. The summed E-state index contributed by atoms with van der Waals surface area (Å²) in [5, 5.41) is 7.61. The van der Waals surface area contributed by atoms with E-state index in [1.165, 1.54) is 12.1 Å². The van der Waals surface area contributed by atoms with Crippen LogP contribution in [0.3, 0.4) is 0 Å². The van der Waals surface area contributed by atoms with Crippen LogP contribution >= 0.6 is 0 Å². The van der Waals surface area contributed by atoms with Gasteiger partial charge >= 0.3 is 12.3 Å². The van der Waals surface area contributed by atoms with Gasteiger partial charge in [0.05, 0.1) is 11.1 Å². The van der Waals surface area contributed by atoms with Crippen molar-refractivity contribution in [3.8, 4) is 0 Å². The first-order chi connectivity index (χ1) is 15.3. The van der Waals surface area contributed by atoms with Crippen LogP contribution < -0.4 is 16.0 Å². The lowest BCUT2D eigenvalue weighted by Gasteiger charge is -2.19. The third-order valence-corrected chi connectivity index (χ3v) is 4.19. The molecule has 0 heterocycles. The minimum atomic E-state index is -4.63. The van der Waals surface area contributed by atoms with Crippen molar-refractivity contribution in [1.82, 2.24) is 10.6 Å². The van der Waals surface area contributed by atoms with E-state index in [-0.39, 0.29) is 25.4 Å². The Kier molecular flexibility index (Phi) is 8.44. The minimum Gasteiger partial charge on any atom is -0.444 e. The van der Waals surface area contributed by atoms with Gasteiger partial charge in [0.15, 0.2) is 0 Å². The van der Waals surface area contributed by atoms with Gasteiger partial charge in [0.25, 0.3) is 5.91 Å². The summed E-state index contributed by atoms with van der Waals surface area (Å²) in [5.41, 5.74) is -0.947. The van der Waals surface area contributed by atoms with Crippen LogP contribution in [-0.2, 0) is 22.3 Å². The molecule has 0 unspecified atom stereocenters. The molecule has 2 aromatic rings. The fraction of sp³-hybridized carbons (Fsp3) is 0.348. The van der Waals surface area contributed by atoms with Crippen LogP contribution in [0.25, 0.3) is 0 Å². The number of benzene rings is 2. The molecule has 0 fully saturated rings. The lowest BCUT2D eigenvalue weighted by Crippen LogP contribution is -2.34. The van der Waals surface area contributed by atoms with Crippen LogP contribution in [0.5, 0.6) is 0 Å². The van der Waals surface area contributed by atoms with E-state index >= 15 is 0 Å². The monoisotopic (exact) mass is 465 g/mol. The fourth-order valence-electron chi connectivity index (χ4n) is 2.73. The standard InChI is InChI=1S/C23H26F3N3O4/c1-22(2,3)33-21(32)27-13-12-19(30)29-16-10-8-15(9-11-16)14-28-20(31)17-6-4-5-7-18(17)23(24,25)26/h4-11H,12-14H2,1-3H3,(H,27,32)(H,28,31)(H,29,30). The second-order valence-electron chi connectivity index (χ2n) is 8.15. The molecule has 0 saturated carbocycles. The molecule has 0 aliphatic rings. The number of halogens is 3. The van der Waals surface area contributed by atoms with E-state index in [1.54, 1.807) is 45.0 Å². The van der Waals surface area contributed by atoms with Crippen molar-refractivity contribution in [2.24, 2.45) is 0 Å². The molecule has 0 radical (unpaired) electrons. The lowest BCUT2D eigenvalue weighted by molar-refractivity contribution is -0.138. The quantitative estimate of drug-likeness (QED) is 0.562. The van der Waals surface area contributed by atoms with Crippen LogP contribution in [0.2, 0.25) is 0 Å². The number of alkyl halides is 3. The number of amides is 3. The number of anilines is 1. The van der Waals surface area contributed by atoms with Gasteiger partial charge in [0.2, 0.25) is 5.91 Å². The van der Waals surface area contributed by atoms with Gasteiger partial charge in [-0.1, -0.05) is 24.3 Å². The van der Waals surface area contributed by atoms with E-state index in [2.05, 4.69) is 16.0 Å². The zero-order chi connectivity index (χ0) is 24.6. The molecule has 0 saturated heterocycles. The molecule has 0 aliphatic carbocycles. The van der Waals surface area contributed by atoms with Crippen LogP contribution in [0.4, 0.5) is 23.7 Å². The third kappa shape index (κ3) is 8.83. The highest BCUT2D eigenvalue weighted by Crippen LogP contribution is 2.31. The molecule has 7 nitrogen and oxygen atoms in total. The number of carbonyl (C=O) groups is 3. The molecule has 0 spiro atoms. The maximum Gasteiger partial charge on any atom is 0.417 e. The number of nitrogens with one attached hydrogen (secondary N) is 3. The van der Waals surface area contributed by atoms with Crippen LogP contribution in [0, 0.1) is 0 Å². The van der Waals surface area contributed by atoms with Gasteiger partial charge in [-0.05, 0) is 50.6 Å². The highest BCUT2D eigenvalue weighted by molar-refractivity contribution is 5.96. The topological polar surface area (TPSA) is 96.5 Å². The Balaban J connectivity index is 1.82. The van der Waals surface area contributed by atoms with Gasteiger partial charge in [0, 0.05) is 25.2 Å². The molecule has 10 heteroatoms. The van der Waals surface area contributed by atoms with E-state index in [4.69, 9.17) is 4.74 Å². The molecule has 2 aromatic carbocycles. The summed E-state index contributed by atoms with van der Waals surface area (Å²) in [7, 11) is 0. The highest BCUT2D eigenvalue weighted by Gasteiger charge is 2.34. The second-order valence-corrected chi connectivity index (χ2v) is 8.15. The zero-order valence-electron chi connectivity index (χ0n) is 18.5. The summed E-state index contributed by atoms with van der Waals surface area (Å²) >= 11 is 0. The lowest BCUT2D eigenvalue weighted by atomic mass is 10.1. The minimum absolute atomic E-state index is 0.0130. The Hall–Kier alpha value is -3.56. The predicted molar refractivity (Wildman–Crippen MR) is 117 cm³/mol. The van der Waals surface area contributed by atoms with Crippen LogP contribution in [0.1, 0.15) is 48.7 Å². The molecular formula is C23H26F3N3O4. The summed E-state index contributed by atoms with van der Waals surface area (Å²) in [5.74, 6) is -1.16. The first kappa shape index (κ1) is 25.7. The molecule has 3 amide bonds. The average molecular weight is 465 g/mol. The van der Waals surface area contributed by atoms with Crippen molar-refractivity contribution in [1.29, 1.82) is 0 Å². The maximum absolute atomic E-state index is 13.1. The van der Waals surface area contributed by atoms with Gasteiger partial charge in [-0.3, -0.25) is 9.59 Å². The Labute approximate surface area is 189 Å². The number of carbonyl (C=O) groups excluding carboxylic acids is 3. The van der Waals surface area contributed by atoms with E-state index in [1.807, 2.05) is 0 Å². The van der Waals surface area contributed by atoms with E-state index in [9.17, 15) is 27.6 Å². The highest BCUT2D eigenvalue weighted by atomic mass is 19.4. The normalized spacial score (nSPS) is 11.5. The van der Waals surface area contributed by atoms with E-state index in [0.29, 0.717) is 11.3 Å². The van der Waals surface area contributed by atoms with Crippen molar-refractivity contribution in [3.63, 3.8) is 0 Å². The Morgan fingerprint density at radius 1 is 0.909 bits per heavy atom. The summed E-state index contributed by atoms with van der Waals surface area (Å²) in [6, 6.07) is 11.0. The van der Waals surface area contributed by atoms with Crippen molar-refractivity contribution < 1.29 is 32.3 Å². The predicted octanol–water partition coefficient (Wildman–Crippen LogP) is 4.49. The van der Waals surface area contributed by atoms with Crippen molar-refractivity contribution in [3.05, 3.63) is 65.2 Å². The molecule has 33 heavy (non-hydrogen) atoms. The van der Waals surface area contributed by atoms with Gasteiger partial charge < -0.3 is 20.7 Å². The van der Waals surface area contributed by atoms with Crippen molar-refractivity contribution in [2.75, 3.05) is 11.9 Å². The number of hydrogen-bond donors (Lipinski definition) is 3. The smallest absolute Gasteiger partial charge is 0.417 e. The molecular weight excluding hydrogens is 439 g/mol. The number of ether oxygens (including phenoxy) is 1. The van der Waals surface area contributed by atoms with Gasteiger partial charge in [-0.15, -0.1) is 0 Å². The summed E-state index contributed by atoms with van der Waals surface area (Å²) in [4.78, 5) is 35.8. The molecule has 2 rings (SSSR count). The third-order valence-electron chi connectivity index (χ3n) is 4.19. The first-order valence-electron chi connectivity index (χ1n) is 10.2. The summed E-state index contributed by atoms with van der Waals surface area (Å²) in [6.07, 6.45) is -5.20. The SMILES string of the molecule is CC(C)(C)OC(=O)NCCC(=O)Nc1ccc(CNC(=O)c2ccccc2C(F)(F)F)cc1. The van der Waals surface area contributed by atoms with Crippen LogP contribution in [-0.4, -0.2) is 30.1 Å². The Bertz CT molecular complexity index is 984. The van der Waals surface area contributed by atoms with Crippen molar-refractivity contribution >= 4 is 23.6 Å². The number of rotatable bonds is 7. The first-order valence-corrected chi connectivity index (χ1v) is 10.2. The van der Waals surface area contributed by atoms with Crippen molar-refractivity contribution in [2.45, 2.75) is 45.5 Å². The fourth-order valence-corrected chi connectivity index (χ4v) is 2.73. The van der Waals surface area contributed by atoms with E-state index < -0.39 is 34.9 Å². The zero-order valence-corrected chi connectivity index (χ0v) is 18.5. The van der Waals surface area contributed by atoms with E-state index in [0.717, 1.165) is 12.1 Å². The summed E-state index contributed by atoms with van der Waals surface area (Å²) < 4.78 is 44.3. The summed E-state index contributed by atoms with van der Waals surface area (Å²) in [6.45, 7) is 5.31. The Morgan fingerprint density at radius 2 is 1.55 bits per heavy atom. The number of alkyl carbamates (subject to hydrolysis) is 1. The molecule has 0 bridgehead atoms. The van der Waals surface area contributed by atoms with Gasteiger partial charge in [-0.2, -0.15) is 13.2 Å². The van der Waals surface area contributed by atoms with Crippen LogP contribution in [0.15, 0.2) is 48.5 Å². The van der Waals surface area contributed by atoms with Gasteiger partial charge in [0.1, 0.15) is 5.60 Å². The Morgan fingerprint density at radius 3 is 2.15 bits per heavy atom. The molecule has 3 N–H and O–H groups in total. The molecule has 0 aliphatic heterocycles. The van der Waals surface area contributed by atoms with Gasteiger partial charge in [-0.25, -0.2) is 4.79 Å². The molecule has 178 valence electrons. The average Bonchev–Trinajstić information content (AvgIpc) is 2.71. The molecule has 0 aromatic heterocycles. The largest absolute Gasteiger partial charge is 0.444 e.